The molecule has 1 unspecified atom stereocenters. The normalized spacial score (nSPS) is 16.8. The smallest absolute Gasteiger partial charge is 0.240 e. The van der Waals surface area contributed by atoms with Crippen LogP contribution in [-0.2, 0) is 26.0 Å². The van der Waals surface area contributed by atoms with E-state index in [2.05, 4.69) is 9.62 Å². The number of ether oxygens (including phenoxy) is 2. The van der Waals surface area contributed by atoms with Gasteiger partial charge in [0.1, 0.15) is 0 Å². The van der Waals surface area contributed by atoms with Crippen molar-refractivity contribution >= 4 is 33.2 Å². The molecule has 0 aliphatic carbocycles. The number of halogens is 2. The van der Waals surface area contributed by atoms with E-state index in [1.54, 1.807) is 18.2 Å². The van der Waals surface area contributed by atoms with Crippen molar-refractivity contribution in [3.63, 3.8) is 0 Å². The zero-order valence-electron chi connectivity index (χ0n) is 18.0. The minimum Gasteiger partial charge on any atom is -0.378 e. The van der Waals surface area contributed by atoms with Crippen LogP contribution >= 0.6 is 23.2 Å². The van der Waals surface area contributed by atoms with E-state index in [-0.39, 0.29) is 24.0 Å². The van der Waals surface area contributed by atoms with E-state index < -0.39 is 10.0 Å². The quantitative estimate of drug-likeness (QED) is 0.459. The van der Waals surface area contributed by atoms with E-state index >= 15 is 0 Å². The summed E-state index contributed by atoms with van der Waals surface area (Å²) in [5.74, 6) is 0.0551. The molecular weight excluding hydrogens is 473 g/mol. The summed E-state index contributed by atoms with van der Waals surface area (Å²) in [6.07, 6.45) is 0. The predicted molar refractivity (Wildman–Crippen MR) is 127 cm³/mol. The maximum Gasteiger partial charge on any atom is 0.240 e. The first-order valence-corrected chi connectivity index (χ1v) is 12.7. The summed E-state index contributed by atoms with van der Waals surface area (Å²) >= 11 is 12.7. The fourth-order valence-corrected chi connectivity index (χ4v) is 5.33. The SMILES string of the molecule is CN1Cc2c(Cl)cc(Cl)cc2C(c2ccc(S(=O)(=O)NCCOCCOCCN)cc2)C1. The summed E-state index contributed by atoms with van der Waals surface area (Å²) in [6, 6.07) is 10.7. The zero-order valence-corrected chi connectivity index (χ0v) is 20.3. The van der Waals surface area contributed by atoms with Crippen LogP contribution in [0.5, 0.6) is 0 Å². The van der Waals surface area contributed by atoms with Gasteiger partial charge < -0.3 is 20.1 Å². The van der Waals surface area contributed by atoms with Gasteiger partial charge in [-0.25, -0.2) is 13.1 Å². The first kappa shape index (κ1) is 25.4. The van der Waals surface area contributed by atoms with Crippen molar-refractivity contribution < 1.29 is 17.9 Å². The van der Waals surface area contributed by atoms with Gasteiger partial charge in [0.05, 0.1) is 31.3 Å². The molecule has 1 heterocycles. The van der Waals surface area contributed by atoms with Crippen molar-refractivity contribution in [3.05, 3.63) is 63.1 Å². The highest BCUT2D eigenvalue weighted by atomic mass is 35.5. The molecule has 0 saturated carbocycles. The van der Waals surface area contributed by atoms with E-state index in [9.17, 15) is 8.42 Å². The summed E-state index contributed by atoms with van der Waals surface area (Å²) in [6.45, 7) is 3.75. The Labute approximate surface area is 199 Å². The molecule has 176 valence electrons. The topological polar surface area (TPSA) is 93.9 Å². The lowest BCUT2D eigenvalue weighted by Gasteiger charge is -2.33. The molecule has 1 aliphatic heterocycles. The molecule has 1 atom stereocenters. The Kier molecular flexibility index (Phi) is 9.33. The van der Waals surface area contributed by atoms with Gasteiger partial charge in [-0.1, -0.05) is 35.3 Å². The van der Waals surface area contributed by atoms with Crippen molar-refractivity contribution in [2.24, 2.45) is 5.73 Å². The van der Waals surface area contributed by atoms with E-state index in [1.807, 2.05) is 25.2 Å². The van der Waals surface area contributed by atoms with Crippen molar-refractivity contribution in [2.45, 2.75) is 17.4 Å². The second-order valence-electron chi connectivity index (χ2n) is 7.68. The maximum absolute atomic E-state index is 12.6. The van der Waals surface area contributed by atoms with Gasteiger partial charge in [0.2, 0.25) is 10.0 Å². The third-order valence-corrected chi connectivity index (χ3v) is 7.29. The standard InChI is InChI=1S/C22H29Cl2N3O4S/c1-27-14-20(19-12-17(23)13-22(24)21(19)15-27)16-2-4-18(5-3-16)32(28,29)26-7-9-31-11-10-30-8-6-25/h2-5,12-13,20,26H,6-11,14-15,25H2,1H3. The van der Waals surface area contributed by atoms with Crippen LogP contribution in [0.1, 0.15) is 22.6 Å². The first-order chi connectivity index (χ1) is 15.3. The average molecular weight is 502 g/mol. The molecule has 0 amide bonds. The van der Waals surface area contributed by atoms with Crippen molar-refractivity contribution in [2.75, 3.05) is 53.1 Å². The Balaban J connectivity index is 1.63. The molecule has 0 fully saturated rings. The average Bonchev–Trinajstić information content (AvgIpc) is 2.76. The number of rotatable bonds is 11. The molecule has 0 radical (unpaired) electrons. The third-order valence-electron chi connectivity index (χ3n) is 5.26. The van der Waals surface area contributed by atoms with Crippen molar-refractivity contribution in [1.82, 2.24) is 9.62 Å². The van der Waals surface area contributed by atoms with Gasteiger partial charge in [-0.05, 0) is 48.0 Å². The largest absolute Gasteiger partial charge is 0.378 e. The zero-order chi connectivity index (χ0) is 23.1. The van der Waals surface area contributed by atoms with Gasteiger partial charge in [-0.15, -0.1) is 0 Å². The molecular formula is C22H29Cl2N3O4S. The van der Waals surface area contributed by atoms with Crippen LogP contribution in [0.4, 0.5) is 0 Å². The molecule has 0 aromatic heterocycles. The van der Waals surface area contributed by atoms with Gasteiger partial charge in [0.15, 0.2) is 0 Å². The highest BCUT2D eigenvalue weighted by Gasteiger charge is 2.27. The number of nitrogens with zero attached hydrogens (tertiary/aromatic N) is 1. The number of hydrogen-bond acceptors (Lipinski definition) is 6. The minimum atomic E-state index is -3.62. The fraction of sp³-hybridized carbons (Fsp3) is 0.455. The second-order valence-corrected chi connectivity index (χ2v) is 10.3. The maximum atomic E-state index is 12.6. The van der Waals surface area contributed by atoms with Crippen LogP contribution in [0.25, 0.3) is 0 Å². The lowest BCUT2D eigenvalue weighted by molar-refractivity contribution is 0.0530. The number of hydrogen-bond donors (Lipinski definition) is 2. The number of sulfonamides is 1. The fourth-order valence-electron chi connectivity index (χ4n) is 3.75. The number of likely N-dealkylation sites (N-methyl/N-ethyl adjacent to an activating group) is 1. The minimum absolute atomic E-state index is 0.0551. The molecule has 0 bridgehead atoms. The Morgan fingerprint density at radius 3 is 2.47 bits per heavy atom. The molecule has 32 heavy (non-hydrogen) atoms. The van der Waals surface area contributed by atoms with Gasteiger partial charge in [0.25, 0.3) is 0 Å². The van der Waals surface area contributed by atoms with E-state index in [4.69, 9.17) is 38.4 Å². The Morgan fingerprint density at radius 1 is 1.09 bits per heavy atom. The van der Waals surface area contributed by atoms with E-state index in [0.29, 0.717) is 36.4 Å². The van der Waals surface area contributed by atoms with Crippen LogP contribution in [-0.4, -0.2) is 66.4 Å². The molecule has 0 spiro atoms. The molecule has 3 rings (SSSR count). The molecule has 7 nitrogen and oxygen atoms in total. The molecule has 2 aromatic carbocycles. The summed E-state index contributed by atoms with van der Waals surface area (Å²) in [5, 5.41) is 1.25. The van der Waals surface area contributed by atoms with Crippen LogP contribution in [0.3, 0.4) is 0 Å². The van der Waals surface area contributed by atoms with Crippen LogP contribution in [0.2, 0.25) is 10.0 Å². The highest BCUT2D eigenvalue weighted by Crippen LogP contribution is 2.38. The second kappa shape index (κ2) is 11.8. The lowest BCUT2D eigenvalue weighted by Crippen LogP contribution is -2.31. The van der Waals surface area contributed by atoms with Gasteiger partial charge in [-0.3, -0.25) is 0 Å². The molecule has 10 heteroatoms. The molecule has 1 aliphatic rings. The van der Waals surface area contributed by atoms with Gasteiger partial charge in [0, 0.05) is 42.1 Å². The van der Waals surface area contributed by atoms with Gasteiger partial charge >= 0.3 is 0 Å². The summed E-state index contributed by atoms with van der Waals surface area (Å²) in [4.78, 5) is 2.40. The van der Waals surface area contributed by atoms with Crippen molar-refractivity contribution in [1.29, 1.82) is 0 Å². The number of fused-ring (bicyclic) bond motifs is 1. The lowest BCUT2D eigenvalue weighted by atomic mass is 9.85. The van der Waals surface area contributed by atoms with Crippen LogP contribution in [0.15, 0.2) is 41.3 Å². The van der Waals surface area contributed by atoms with E-state index in [1.165, 1.54) is 0 Å². The first-order valence-electron chi connectivity index (χ1n) is 10.4. The monoisotopic (exact) mass is 501 g/mol. The third kappa shape index (κ3) is 6.65. The van der Waals surface area contributed by atoms with Crippen LogP contribution in [0, 0.1) is 0 Å². The summed E-state index contributed by atoms with van der Waals surface area (Å²) < 4.78 is 38.3. The van der Waals surface area contributed by atoms with Crippen molar-refractivity contribution in [3.8, 4) is 0 Å². The highest BCUT2D eigenvalue weighted by molar-refractivity contribution is 7.89. The number of nitrogens with two attached hydrogens (primary N) is 1. The molecule has 2 aromatic rings. The number of nitrogens with one attached hydrogen (secondary N) is 1. The Bertz CT molecular complexity index is 1000. The van der Waals surface area contributed by atoms with Gasteiger partial charge in [-0.2, -0.15) is 0 Å². The van der Waals surface area contributed by atoms with E-state index in [0.717, 1.165) is 29.8 Å². The molecule has 3 N–H and O–H groups in total. The Morgan fingerprint density at radius 2 is 1.78 bits per heavy atom. The molecule has 0 saturated heterocycles. The number of benzene rings is 2. The van der Waals surface area contributed by atoms with Crippen LogP contribution < -0.4 is 10.5 Å². The Hall–Kier alpha value is -1.23. The summed E-state index contributed by atoms with van der Waals surface area (Å²) in [5.41, 5.74) is 8.48. The predicted octanol–water partition coefficient (Wildman–Crippen LogP) is 2.84. The summed E-state index contributed by atoms with van der Waals surface area (Å²) in [7, 11) is -1.59.